The lowest BCUT2D eigenvalue weighted by Crippen LogP contribution is -2.44. The maximum atomic E-state index is 12.8. The van der Waals surface area contributed by atoms with E-state index in [-0.39, 0.29) is 23.4 Å². The standard InChI is InChI=1S/C30H58O5Si2/c1-29(33,27(31)25-17-9-7-10-18-25)21-13-15-23-36(3,4)35-37(5,6)24-16-14-22-30(2,34)28(32)26-19-11-8-12-20-26/h25-26,33-34H,7-24H2,1-6H3. The van der Waals surface area contributed by atoms with E-state index in [9.17, 15) is 19.8 Å². The van der Waals surface area contributed by atoms with Gasteiger partial charge in [-0.3, -0.25) is 9.59 Å². The number of hydrogen-bond donors (Lipinski definition) is 2. The first-order valence-corrected chi connectivity index (χ1v) is 21.6. The highest BCUT2D eigenvalue weighted by Crippen LogP contribution is 2.33. The second-order valence-corrected chi connectivity index (χ2v) is 22.8. The average molecular weight is 555 g/mol. The van der Waals surface area contributed by atoms with Gasteiger partial charge in [0.2, 0.25) is 0 Å². The van der Waals surface area contributed by atoms with Gasteiger partial charge in [-0.15, -0.1) is 0 Å². The molecule has 0 saturated heterocycles. The van der Waals surface area contributed by atoms with Crippen molar-refractivity contribution in [2.45, 2.75) is 166 Å². The van der Waals surface area contributed by atoms with E-state index in [2.05, 4.69) is 26.2 Å². The number of aliphatic hydroxyl groups is 2. The summed E-state index contributed by atoms with van der Waals surface area (Å²) < 4.78 is 6.79. The van der Waals surface area contributed by atoms with Gasteiger partial charge >= 0.3 is 0 Å². The van der Waals surface area contributed by atoms with E-state index in [1.807, 2.05) is 0 Å². The summed E-state index contributed by atoms with van der Waals surface area (Å²) in [7, 11) is -3.68. The smallest absolute Gasteiger partial charge is 0.173 e. The highest BCUT2D eigenvalue weighted by atomic mass is 28.4. The van der Waals surface area contributed by atoms with E-state index in [1.165, 1.54) is 12.8 Å². The van der Waals surface area contributed by atoms with Crippen LogP contribution in [0.1, 0.15) is 117 Å². The number of rotatable bonds is 16. The second-order valence-electron chi connectivity index (χ2n) is 14.0. The molecule has 2 rings (SSSR count). The van der Waals surface area contributed by atoms with Gasteiger partial charge in [0.25, 0.3) is 0 Å². The van der Waals surface area contributed by atoms with Crippen LogP contribution in [0.5, 0.6) is 0 Å². The van der Waals surface area contributed by atoms with Crippen molar-refractivity contribution in [2.75, 3.05) is 0 Å². The Morgan fingerprint density at radius 2 is 0.973 bits per heavy atom. The van der Waals surface area contributed by atoms with Gasteiger partial charge in [0.1, 0.15) is 11.2 Å². The van der Waals surface area contributed by atoms with Crippen LogP contribution < -0.4 is 0 Å². The number of hydrogen-bond acceptors (Lipinski definition) is 5. The number of carbonyl (C=O) groups is 2. The molecule has 2 N–H and O–H groups in total. The highest BCUT2D eigenvalue weighted by molar-refractivity contribution is 6.84. The molecule has 0 heterocycles. The first kappa shape index (κ1) is 32.9. The summed E-state index contributed by atoms with van der Waals surface area (Å²) >= 11 is 0. The van der Waals surface area contributed by atoms with Gasteiger partial charge in [0, 0.05) is 11.8 Å². The molecule has 7 heteroatoms. The van der Waals surface area contributed by atoms with Crippen LogP contribution in [0.2, 0.25) is 38.3 Å². The van der Waals surface area contributed by atoms with Crippen LogP contribution in [0.4, 0.5) is 0 Å². The predicted octanol–water partition coefficient (Wildman–Crippen LogP) is 7.55. The highest BCUT2D eigenvalue weighted by Gasteiger charge is 2.38. The molecular weight excluding hydrogens is 496 g/mol. The lowest BCUT2D eigenvalue weighted by atomic mass is 9.79. The zero-order valence-electron chi connectivity index (χ0n) is 25.0. The molecule has 2 atom stereocenters. The van der Waals surface area contributed by atoms with Crippen LogP contribution in [0.3, 0.4) is 0 Å². The van der Waals surface area contributed by atoms with Crippen LogP contribution >= 0.6 is 0 Å². The number of ketones is 2. The third kappa shape index (κ3) is 11.3. The van der Waals surface area contributed by atoms with Gasteiger partial charge in [-0.2, -0.15) is 0 Å². The summed E-state index contributed by atoms with van der Waals surface area (Å²) in [4.78, 5) is 25.6. The van der Waals surface area contributed by atoms with Crippen LogP contribution in [0.25, 0.3) is 0 Å². The number of Topliss-reactive ketones (excluding diaryl/α,β-unsaturated/α-hetero) is 2. The summed E-state index contributed by atoms with van der Waals surface area (Å²) in [5, 5.41) is 21.7. The molecule has 0 bridgehead atoms. The lowest BCUT2D eigenvalue weighted by molar-refractivity contribution is -0.142. The first-order valence-electron chi connectivity index (χ1n) is 15.4. The van der Waals surface area contributed by atoms with Gasteiger partial charge in [-0.25, -0.2) is 0 Å². The molecule has 0 radical (unpaired) electrons. The van der Waals surface area contributed by atoms with E-state index in [1.54, 1.807) is 13.8 Å². The maximum absolute atomic E-state index is 12.8. The van der Waals surface area contributed by atoms with Crippen LogP contribution in [0.15, 0.2) is 0 Å². The minimum atomic E-state index is -1.84. The third-order valence-electron chi connectivity index (χ3n) is 8.95. The Bertz CT molecular complexity index is 659. The minimum Gasteiger partial charge on any atom is -0.455 e. The Balaban J connectivity index is 1.68. The van der Waals surface area contributed by atoms with Crippen molar-refractivity contribution in [3.05, 3.63) is 0 Å². The molecule has 0 aliphatic heterocycles. The van der Waals surface area contributed by atoms with Crippen molar-refractivity contribution >= 4 is 28.2 Å². The predicted molar refractivity (Wildman–Crippen MR) is 158 cm³/mol. The molecule has 0 aromatic carbocycles. The second kappa shape index (κ2) is 14.3. The fraction of sp³-hybridized carbons (Fsp3) is 0.933. The van der Waals surface area contributed by atoms with Crippen molar-refractivity contribution in [1.29, 1.82) is 0 Å². The number of unbranched alkanes of at least 4 members (excludes halogenated alkanes) is 2. The van der Waals surface area contributed by atoms with E-state index in [4.69, 9.17) is 4.12 Å². The minimum absolute atomic E-state index is 0.0544. The molecule has 2 aliphatic carbocycles. The molecule has 2 saturated carbocycles. The van der Waals surface area contributed by atoms with E-state index < -0.39 is 27.8 Å². The first-order chi connectivity index (χ1) is 17.2. The van der Waals surface area contributed by atoms with Gasteiger partial charge in [-0.1, -0.05) is 64.2 Å². The topological polar surface area (TPSA) is 83.8 Å². The molecule has 2 fully saturated rings. The van der Waals surface area contributed by atoms with Crippen LogP contribution in [-0.2, 0) is 13.7 Å². The Morgan fingerprint density at radius 1 is 0.649 bits per heavy atom. The van der Waals surface area contributed by atoms with Gasteiger partial charge in [0.05, 0.1) is 0 Å². The zero-order valence-corrected chi connectivity index (χ0v) is 27.0. The van der Waals surface area contributed by atoms with Gasteiger partial charge in [0.15, 0.2) is 28.2 Å². The van der Waals surface area contributed by atoms with E-state index in [0.717, 1.165) is 89.1 Å². The lowest BCUT2D eigenvalue weighted by Gasteiger charge is -2.35. The largest absolute Gasteiger partial charge is 0.455 e. The summed E-state index contributed by atoms with van der Waals surface area (Å²) in [6.07, 6.45) is 15.4. The molecule has 0 aromatic rings. The molecule has 2 aliphatic rings. The Morgan fingerprint density at radius 3 is 1.30 bits per heavy atom. The Kier molecular flexibility index (Phi) is 12.7. The van der Waals surface area contributed by atoms with Crippen LogP contribution in [0, 0.1) is 11.8 Å². The Hall–Kier alpha value is -0.346. The zero-order chi connectivity index (χ0) is 27.7. The monoisotopic (exact) mass is 554 g/mol. The molecule has 5 nitrogen and oxygen atoms in total. The summed E-state index contributed by atoms with van der Waals surface area (Å²) in [5.41, 5.74) is -2.38. The molecular formula is C30H58O5Si2. The average Bonchev–Trinajstić information content (AvgIpc) is 2.84. The van der Waals surface area contributed by atoms with E-state index in [0.29, 0.717) is 12.8 Å². The maximum Gasteiger partial charge on any atom is 0.173 e. The SMILES string of the molecule is CC(O)(CCCC[Si](C)(C)O[Si](C)(C)CCCCC(C)(O)C(=O)C1CCCCC1)C(=O)C1CCCCC1. The van der Waals surface area contributed by atoms with Crippen molar-refractivity contribution in [3.8, 4) is 0 Å². The Labute approximate surface area is 229 Å². The fourth-order valence-electron chi connectivity index (χ4n) is 6.75. The third-order valence-corrected chi connectivity index (χ3v) is 16.5. The quantitative estimate of drug-likeness (QED) is 0.152. The molecule has 37 heavy (non-hydrogen) atoms. The van der Waals surface area contributed by atoms with Crippen molar-refractivity contribution < 1.29 is 23.9 Å². The molecule has 0 spiro atoms. The van der Waals surface area contributed by atoms with Crippen molar-refractivity contribution in [2.24, 2.45) is 11.8 Å². The number of carbonyl (C=O) groups excluding carboxylic acids is 2. The van der Waals surface area contributed by atoms with Crippen molar-refractivity contribution in [1.82, 2.24) is 0 Å². The fourth-order valence-corrected chi connectivity index (χ4v) is 15.7. The summed E-state index contributed by atoms with van der Waals surface area (Å²) in [5.74, 6) is 0.235. The molecule has 0 amide bonds. The van der Waals surface area contributed by atoms with Crippen molar-refractivity contribution in [3.63, 3.8) is 0 Å². The van der Waals surface area contributed by atoms with E-state index >= 15 is 0 Å². The summed E-state index contributed by atoms with van der Waals surface area (Å²) in [6.45, 7) is 12.6. The van der Waals surface area contributed by atoms with Gasteiger partial charge in [-0.05, 0) is 90.6 Å². The molecule has 0 aromatic heterocycles. The summed E-state index contributed by atoms with van der Waals surface area (Å²) in [6, 6.07) is 2.09. The normalized spacial score (nSPS) is 21.8. The molecule has 216 valence electrons. The van der Waals surface area contributed by atoms with Crippen LogP contribution in [-0.4, -0.2) is 49.6 Å². The van der Waals surface area contributed by atoms with Gasteiger partial charge < -0.3 is 14.3 Å². The molecule has 2 unspecified atom stereocenters.